The van der Waals surface area contributed by atoms with E-state index in [1.165, 1.54) is 0 Å². The van der Waals surface area contributed by atoms with Gasteiger partial charge in [-0.2, -0.15) is 5.21 Å². The van der Waals surface area contributed by atoms with Crippen molar-refractivity contribution in [3.05, 3.63) is 5.82 Å². The van der Waals surface area contributed by atoms with Gasteiger partial charge in [-0.15, -0.1) is 10.2 Å². The summed E-state index contributed by atoms with van der Waals surface area (Å²) in [6.45, 7) is 5.47. The van der Waals surface area contributed by atoms with E-state index in [1.807, 2.05) is 20.8 Å². The molecule has 0 saturated carbocycles. The number of carbonyl (C=O) groups is 1. The van der Waals surface area contributed by atoms with Gasteiger partial charge in [0.15, 0.2) is 5.82 Å². The summed E-state index contributed by atoms with van der Waals surface area (Å²) in [7, 11) is 0. The first-order valence-electron chi connectivity index (χ1n) is 4.15. The molecule has 72 valence electrons. The van der Waals surface area contributed by atoms with Crippen LogP contribution in [0.5, 0.6) is 0 Å². The van der Waals surface area contributed by atoms with E-state index in [0.29, 0.717) is 5.82 Å². The smallest absolute Gasteiger partial charge is 0.223 e. The Morgan fingerprint density at radius 3 is 2.62 bits per heavy atom. The molecule has 0 spiro atoms. The molecule has 1 rings (SSSR count). The van der Waals surface area contributed by atoms with Crippen LogP contribution in [0.3, 0.4) is 0 Å². The average molecular weight is 183 g/mol. The van der Waals surface area contributed by atoms with Crippen LogP contribution in [-0.4, -0.2) is 26.5 Å². The second-order valence-corrected chi connectivity index (χ2v) is 3.15. The van der Waals surface area contributed by atoms with Crippen LogP contribution < -0.4 is 5.32 Å². The summed E-state index contributed by atoms with van der Waals surface area (Å²) in [5.41, 5.74) is 0. The Morgan fingerprint density at radius 1 is 1.46 bits per heavy atom. The topological polar surface area (TPSA) is 83.6 Å². The molecule has 0 bridgehead atoms. The van der Waals surface area contributed by atoms with E-state index in [0.717, 1.165) is 0 Å². The number of hydrogen-bond acceptors (Lipinski definition) is 4. The van der Waals surface area contributed by atoms with E-state index in [1.54, 1.807) is 0 Å². The first kappa shape index (κ1) is 9.63. The zero-order valence-corrected chi connectivity index (χ0v) is 7.90. The third kappa shape index (κ3) is 2.50. The molecule has 1 amide bonds. The molecule has 1 atom stereocenters. The maximum absolute atomic E-state index is 11.3. The molecule has 1 heterocycles. The van der Waals surface area contributed by atoms with Gasteiger partial charge < -0.3 is 5.32 Å². The summed E-state index contributed by atoms with van der Waals surface area (Å²) in [5.74, 6) is 0.445. The predicted molar refractivity (Wildman–Crippen MR) is 45.6 cm³/mol. The zero-order chi connectivity index (χ0) is 9.84. The molecule has 0 aromatic carbocycles. The second kappa shape index (κ2) is 3.97. The monoisotopic (exact) mass is 183 g/mol. The molecule has 0 fully saturated rings. The molecule has 1 aromatic rings. The van der Waals surface area contributed by atoms with Gasteiger partial charge in [-0.25, -0.2) is 0 Å². The van der Waals surface area contributed by atoms with Crippen molar-refractivity contribution >= 4 is 5.91 Å². The average Bonchev–Trinajstić information content (AvgIpc) is 2.55. The number of hydrogen-bond donors (Lipinski definition) is 2. The van der Waals surface area contributed by atoms with Gasteiger partial charge in [0.2, 0.25) is 5.91 Å². The van der Waals surface area contributed by atoms with Crippen molar-refractivity contribution in [2.45, 2.75) is 26.8 Å². The molecule has 0 saturated heterocycles. The van der Waals surface area contributed by atoms with Crippen molar-refractivity contribution in [1.29, 1.82) is 0 Å². The lowest BCUT2D eigenvalue weighted by atomic mass is 10.2. The fourth-order valence-electron chi connectivity index (χ4n) is 0.798. The molecule has 0 aliphatic heterocycles. The molecule has 6 nitrogen and oxygen atoms in total. The number of aromatic nitrogens is 4. The summed E-state index contributed by atoms with van der Waals surface area (Å²) < 4.78 is 0. The number of nitrogens with one attached hydrogen (secondary N) is 2. The van der Waals surface area contributed by atoms with Gasteiger partial charge in [-0.3, -0.25) is 4.79 Å². The number of nitrogens with zero attached hydrogens (tertiary/aromatic N) is 3. The van der Waals surface area contributed by atoms with Crippen molar-refractivity contribution in [2.24, 2.45) is 5.92 Å². The quantitative estimate of drug-likeness (QED) is 0.692. The molecule has 13 heavy (non-hydrogen) atoms. The van der Waals surface area contributed by atoms with Crippen LogP contribution in [0.2, 0.25) is 0 Å². The Labute approximate surface area is 76.1 Å². The Bertz CT molecular complexity index is 268. The van der Waals surface area contributed by atoms with Crippen LogP contribution in [0.25, 0.3) is 0 Å². The maximum atomic E-state index is 11.3. The second-order valence-electron chi connectivity index (χ2n) is 3.15. The van der Waals surface area contributed by atoms with E-state index in [-0.39, 0.29) is 17.9 Å². The van der Waals surface area contributed by atoms with Crippen LogP contribution in [0.1, 0.15) is 32.6 Å². The zero-order valence-electron chi connectivity index (χ0n) is 7.90. The molecular weight excluding hydrogens is 170 g/mol. The lowest BCUT2D eigenvalue weighted by Crippen LogP contribution is -2.30. The highest BCUT2D eigenvalue weighted by Gasteiger charge is 2.14. The number of carbonyl (C=O) groups excluding carboxylic acids is 1. The van der Waals surface area contributed by atoms with E-state index >= 15 is 0 Å². The summed E-state index contributed by atoms with van der Waals surface area (Å²) >= 11 is 0. The lowest BCUT2D eigenvalue weighted by molar-refractivity contribution is -0.124. The third-order valence-corrected chi connectivity index (χ3v) is 1.63. The van der Waals surface area contributed by atoms with Crippen molar-refractivity contribution in [2.75, 3.05) is 0 Å². The van der Waals surface area contributed by atoms with Gasteiger partial charge in [-0.1, -0.05) is 19.1 Å². The minimum Gasteiger partial charge on any atom is -0.346 e. The number of amides is 1. The minimum absolute atomic E-state index is 0.0164. The third-order valence-electron chi connectivity index (χ3n) is 1.63. The van der Waals surface area contributed by atoms with Crippen LogP contribution in [-0.2, 0) is 4.79 Å². The van der Waals surface area contributed by atoms with Gasteiger partial charge >= 0.3 is 0 Å². The normalized spacial score (nSPS) is 12.9. The van der Waals surface area contributed by atoms with Crippen molar-refractivity contribution in [1.82, 2.24) is 25.9 Å². The van der Waals surface area contributed by atoms with E-state index < -0.39 is 0 Å². The molecule has 2 N–H and O–H groups in total. The van der Waals surface area contributed by atoms with Crippen molar-refractivity contribution in [3.8, 4) is 0 Å². The summed E-state index contributed by atoms with van der Waals surface area (Å²) in [4.78, 5) is 11.3. The van der Waals surface area contributed by atoms with Gasteiger partial charge in [0.05, 0.1) is 6.04 Å². The number of rotatable bonds is 3. The van der Waals surface area contributed by atoms with E-state index in [9.17, 15) is 4.79 Å². The first-order valence-corrected chi connectivity index (χ1v) is 4.15. The largest absolute Gasteiger partial charge is 0.346 e. The molecule has 0 aliphatic rings. The summed E-state index contributed by atoms with van der Waals surface area (Å²) in [6.07, 6.45) is 0. The molecule has 6 heteroatoms. The number of tetrazole rings is 1. The Morgan fingerprint density at radius 2 is 2.15 bits per heavy atom. The fraction of sp³-hybridized carbons (Fsp3) is 0.714. The van der Waals surface area contributed by atoms with E-state index in [4.69, 9.17) is 0 Å². The molecule has 1 unspecified atom stereocenters. The molecular formula is C7H13N5O. The van der Waals surface area contributed by atoms with Gasteiger partial charge in [0, 0.05) is 5.92 Å². The fourth-order valence-corrected chi connectivity index (χ4v) is 0.798. The van der Waals surface area contributed by atoms with Crippen LogP contribution >= 0.6 is 0 Å². The van der Waals surface area contributed by atoms with Crippen LogP contribution in [0.15, 0.2) is 0 Å². The summed E-state index contributed by atoms with van der Waals surface area (Å²) in [5, 5.41) is 16.0. The Kier molecular flexibility index (Phi) is 2.94. The van der Waals surface area contributed by atoms with Gasteiger partial charge in [0.1, 0.15) is 0 Å². The highest BCUT2D eigenvalue weighted by atomic mass is 16.1. The highest BCUT2D eigenvalue weighted by molar-refractivity contribution is 5.78. The minimum atomic E-state index is -0.200. The van der Waals surface area contributed by atoms with Crippen LogP contribution in [0, 0.1) is 5.92 Å². The van der Waals surface area contributed by atoms with E-state index in [2.05, 4.69) is 25.9 Å². The highest BCUT2D eigenvalue weighted by Crippen LogP contribution is 2.04. The van der Waals surface area contributed by atoms with Crippen molar-refractivity contribution < 1.29 is 4.79 Å². The predicted octanol–water partition coefficient (Wildman–Crippen LogP) is 0.0329. The Hall–Kier alpha value is -1.46. The first-order chi connectivity index (χ1) is 6.11. The van der Waals surface area contributed by atoms with Gasteiger partial charge in [0.25, 0.3) is 0 Å². The number of H-pyrrole nitrogens is 1. The summed E-state index contributed by atoms with van der Waals surface area (Å²) in [6, 6.07) is -0.200. The van der Waals surface area contributed by atoms with Crippen molar-refractivity contribution in [3.63, 3.8) is 0 Å². The number of aromatic amines is 1. The van der Waals surface area contributed by atoms with Crippen LogP contribution in [0.4, 0.5) is 0 Å². The Balaban J connectivity index is 2.51. The van der Waals surface area contributed by atoms with Gasteiger partial charge in [-0.05, 0) is 6.92 Å². The lowest BCUT2D eigenvalue weighted by Gasteiger charge is -2.11. The molecule has 0 radical (unpaired) electrons. The maximum Gasteiger partial charge on any atom is 0.223 e. The molecule has 0 aliphatic carbocycles. The SMILES string of the molecule is CC(C)C(=O)NC(C)c1nn[nH]n1. The molecule has 1 aromatic heterocycles. The standard InChI is InChI=1S/C7H13N5O/c1-4(2)7(13)8-5(3)6-9-11-12-10-6/h4-5H,1-3H3,(H,8,13)(H,9,10,11,12).